The summed E-state index contributed by atoms with van der Waals surface area (Å²) in [4.78, 5) is 4.39. The van der Waals surface area contributed by atoms with Gasteiger partial charge in [0.1, 0.15) is 0 Å². The number of hydrogen-bond donors (Lipinski definition) is 1. The van der Waals surface area contributed by atoms with Crippen LogP contribution in [0.3, 0.4) is 0 Å². The van der Waals surface area contributed by atoms with E-state index in [4.69, 9.17) is 27.7 Å². The van der Waals surface area contributed by atoms with E-state index in [1.54, 1.807) is 12.1 Å². The maximum absolute atomic E-state index is 10.9. The number of aromatic nitrogens is 2. The molecule has 1 N–H and O–H groups in total. The lowest BCUT2D eigenvalue weighted by Crippen LogP contribution is -2.26. The van der Waals surface area contributed by atoms with Gasteiger partial charge in [-0.05, 0) is 28.8 Å². The molecule has 4 rings (SSSR count). The zero-order valence-electron chi connectivity index (χ0n) is 12.7. The first kappa shape index (κ1) is 15.6. The minimum absolute atomic E-state index is 0.249. The van der Waals surface area contributed by atoms with Gasteiger partial charge in [-0.3, -0.25) is 0 Å². The molecule has 1 aliphatic carbocycles. The van der Waals surface area contributed by atoms with Gasteiger partial charge in [0.25, 0.3) is 5.89 Å². The van der Waals surface area contributed by atoms with Crippen LogP contribution in [-0.4, -0.2) is 15.2 Å². The Hall–Kier alpha value is -1.88. The Labute approximate surface area is 149 Å². The summed E-state index contributed by atoms with van der Waals surface area (Å²) in [7, 11) is 0. The summed E-state index contributed by atoms with van der Waals surface area (Å²) in [5.41, 5.74) is 1.94. The van der Waals surface area contributed by atoms with E-state index in [0.29, 0.717) is 35.1 Å². The highest BCUT2D eigenvalue weighted by Gasteiger charge is 2.41. The second-order valence-corrected chi connectivity index (χ2v) is 6.93. The van der Waals surface area contributed by atoms with E-state index in [9.17, 15) is 5.11 Å². The monoisotopic (exact) mass is 360 g/mol. The molecule has 1 aliphatic rings. The summed E-state index contributed by atoms with van der Waals surface area (Å²) < 4.78 is 5.34. The van der Waals surface area contributed by atoms with Crippen LogP contribution in [0, 0.1) is 0 Å². The summed E-state index contributed by atoms with van der Waals surface area (Å²) >= 11 is 12.1. The number of hydrogen-bond acceptors (Lipinski definition) is 4. The van der Waals surface area contributed by atoms with Gasteiger partial charge >= 0.3 is 0 Å². The first-order valence-electron chi connectivity index (χ1n) is 7.60. The second-order valence-electron chi connectivity index (χ2n) is 6.08. The highest BCUT2D eigenvalue weighted by molar-refractivity contribution is 6.35. The molecule has 0 saturated carbocycles. The fourth-order valence-corrected chi connectivity index (χ4v) is 3.57. The average molecular weight is 361 g/mol. The maximum atomic E-state index is 10.9. The van der Waals surface area contributed by atoms with Crippen LogP contribution >= 0.6 is 23.2 Å². The normalized spacial score (nSPS) is 15.5. The predicted octanol–water partition coefficient (Wildman–Crippen LogP) is 3.95. The fraction of sp³-hybridized carbons (Fsp3) is 0.222. The number of rotatable bonds is 3. The summed E-state index contributed by atoms with van der Waals surface area (Å²) in [5, 5.41) is 16.0. The lowest BCUT2D eigenvalue weighted by Gasteiger charge is -2.16. The molecule has 122 valence electrons. The highest BCUT2D eigenvalue weighted by atomic mass is 35.5. The van der Waals surface area contributed by atoms with Gasteiger partial charge in [0.2, 0.25) is 0 Å². The van der Waals surface area contributed by atoms with Crippen LogP contribution in [0.5, 0.6) is 0 Å². The van der Waals surface area contributed by atoms with Gasteiger partial charge < -0.3 is 9.63 Å². The predicted molar refractivity (Wildman–Crippen MR) is 91.3 cm³/mol. The number of aliphatic hydroxyl groups is 1. The van der Waals surface area contributed by atoms with E-state index in [-0.39, 0.29) is 5.89 Å². The lowest BCUT2D eigenvalue weighted by atomic mass is 10.0. The molecule has 3 aromatic rings. The molecule has 2 aromatic carbocycles. The Kier molecular flexibility index (Phi) is 3.83. The lowest BCUT2D eigenvalue weighted by molar-refractivity contribution is 0.0145. The van der Waals surface area contributed by atoms with E-state index in [0.717, 1.165) is 16.7 Å². The zero-order chi connectivity index (χ0) is 16.7. The minimum Gasteiger partial charge on any atom is -0.379 e. The number of benzene rings is 2. The molecule has 1 aromatic heterocycles. The number of nitrogens with zero attached hydrogens (tertiary/aromatic N) is 2. The van der Waals surface area contributed by atoms with Crippen LogP contribution in [0.1, 0.15) is 28.4 Å². The molecule has 24 heavy (non-hydrogen) atoms. The largest absolute Gasteiger partial charge is 0.379 e. The third-order valence-corrected chi connectivity index (χ3v) is 4.90. The van der Waals surface area contributed by atoms with Crippen molar-refractivity contribution in [1.82, 2.24) is 10.1 Å². The van der Waals surface area contributed by atoms with E-state index in [1.807, 2.05) is 30.3 Å². The van der Waals surface area contributed by atoms with Crippen molar-refractivity contribution in [3.63, 3.8) is 0 Å². The van der Waals surface area contributed by atoms with Gasteiger partial charge in [0, 0.05) is 29.3 Å². The molecule has 0 spiro atoms. The Bertz CT molecular complexity index is 883. The molecule has 0 atom stereocenters. The number of fused-ring (bicyclic) bond motifs is 1. The third kappa shape index (κ3) is 2.81. The summed E-state index contributed by atoms with van der Waals surface area (Å²) in [6, 6.07) is 13.2. The van der Waals surface area contributed by atoms with Crippen LogP contribution in [-0.2, 0) is 24.9 Å². The van der Waals surface area contributed by atoms with Gasteiger partial charge in [0.05, 0.1) is 0 Å². The van der Waals surface area contributed by atoms with Crippen LogP contribution in [0.15, 0.2) is 47.0 Å². The van der Waals surface area contributed by atoms with Gasteiger partial charge in [-0.1, -0.05) is 58.7 Å². The minimum atomic E-state index is -1.14. The van der Waals surface area contributed by atoms with Crippen molar-refractivity contribution in [1.29, 1.82) is 0 Å². The van der Waals surface area contributed by atoms with Crippen molar-refractivity contribution in [3.05, 3.63) is 80.9 Å². The van der Waals surface area contributed by atoms with Crippen molar-refractivity contribution in [2.45, 2.75) is 24.9 Å². The second kappa shape index (κ2) is 5.88. The Balaban J connectivity index is 1.57. The first-order chi connectivity index (χ1) is 11.5. The van der Waals surface area contributed by atoms with Crippen molar-refractivity contribution < 1.29 is 9.63 Å². The topological polar surface area (TPSA) is 59.2 Å². The molecule has 1 heterocycles. The highest BCUT2D eigenvalue weighted by Crippen LogP contribution is 2.37. The Morgan fingerprint density at radius 2 is 1.79 bits per heavy atom. The molecule has 6 heteroatoms. The smallest absolute Gasteiger partial charge is 0.259 e. The quantitative estimate of drug-likeness (QED) is 0.767. The molecule has 4 nitrogen and oxygen atoms in total. The standard InChI is InChI=1S/C18H14Cl2N2O2/c19-14-6-5-11(15(20)8-14)7-16-21-17(24-22-16)18(23)9-12-3-1-2-4-13(12)10-18/h1-6,8,23H,7,9-10H2. The van der Waals surface area contributed by atoms with E-state index < -0.39 is 5.60 Å². The van der Waals surface area contributed by atoms with Gasteiger partial charge in [-0.25, -0.2) is 0 Å². The van der Waals surface area contributed by atoms with Gasteiger partial charge in [0.15, 0.2) is 11.4 Å². The summed E-state index contributed by atoms with van der Waals surface area (Å²) in [5.74, 6) is 0.734. The van der Waals surface area contributed by atoms with Crippen LogP contribution in [0.25, 0.3) is 0 Å². The van der Waals surface area contributed by atoms with Crippen LogP contribution in [0.4, 0.5) is 0 Å². The summed E-state index contributed by atoms with van der Waals surface area (Å²) in [6.45, 7) is 0. The first-order valence-corrected chi connectivity index (χ1v) is 8.35. The molecule has 0 bridgehead atoms. The molecule has 0 fully saturated rings. The molecule has 0 aliphatic heterocycles. The Morgan fingerprint density at radius 1 is 1.08 bits per heavy atom. The average Bonchev–Trinajstić information content (AvgIpc) is 3.14. The van der Waals surface area contributed by atoms with Crippen molar-refractivity contribution in [3.8, 4) is 0 Å². The molecule has 0 amide bonds. The third-order valence-electron chi connectivity index (χ3n) is 4.31. The van der Waals surface area contributed by atoms with Crippen molar-refractivity contribution in [2.24, 2.45) is 0 Å². The molecule has 0 unspecified atom stereocenters. The Morgan fingerprint density at radius 3 is 2.46 bits per heavy atom. The van der Waals surface area contributed by atoms with E-state index in [2.05, 4.69) is 10.1 Å². The van der Waals surface area contributed by atoms with E-state index in [1.165, 1.54) is 0 Å². The molecule has 0 radical (unpaired) electrons. The SMILES string of the molecule is OC1(c2nc(Cc3ccc(Cl)cc3Cl)no2)Cc2ccccc2C1. The van der Waals surface area contributed by atoms with Crippen LogP contribution in [0.2, 0.25) is 10.0 Å². The van der Waals surface area contributed by atoms with E-state index >= 15 is 0 Å². The fourth-order valence-electron chi connectivity index (χ4n) is 3.10. The maximum Gasteiger partial charge on any atom is 0.259 e. The van der Waals surface area contributed by atoms with Gasteiger partial charge in [-0.15, -0.1) is 0 Å². The van der Waals surface area contributed by atoms with Crippen molar-refractivity contribution >= 4 is 23.2 Å². The van der Waals surface area contributed by atoms with Gasteiger partial charge in [-0.2, -0.15) is 4.98 Å². The molecular formula is C18H14Cl2N2O2. The zero-order valence-corrected chi connectivity index (χ0v) is 14.2. The molecule has 0 saturated heterocycles. The summed E-state index contributed by atoms with van der Waals surface area (Å²) in [6.07, 6.45) is 1.38. The number of halogens is 2. The van der Waals surface area contributed by atoms with Crippen LogP contribution < -0.4 is 0 Å². The van der Waals surface area contributed by atoms with Crippen molar-refractivity contribution in [2.75, 3.05) is 0 Å². The molecular weight excluding hydrogens is 347 g/mol.